The quantitative estimate of drug-likeness (QED) is 0.575. The van der Waals surface area contributed by atoms with Crippen molar-refractivity contribution in [3.8, 4) is 0 Å². The normalized spacial score (nSPS) is 22.9. The highest BCUT2D eigenvalue weighted by atomic mass is 79.9. The molecule has 0 aromatic heterocycles. The molecule has 1 aliphatic carbocycles. The molecule has 1 nitrogen and oxygen atoms in total. The molecule has 1 aromatic rings. The first-order chi connectivity index (χ1) is 9.15. The fourth-order valence-electron chi connectivity index (χ4n) is 2.98. The third-order valence-corrected chi connectivity index (χ3v) is 5.22. The molecule has 1 N–H and O–H groups in total. The third-order valence-electron chi connectivity index (χ3n) is 3.96. The predicted molar refractivity (Wildman–Crippen MR) is 82.4 cm³/mol. The highest BCUT2D eigenvalue weighted by molar-refractivity contribution is 9.10. The van der Waals surface area contributed by atoms with Crippen LogP contribution in [-0.2, 0) is 0 Å². The number of rotatable bonds is 5. The SMILES string of the molecule is CCCNCC1CCCC1c1ccc(Br)c(Cl)c1F. The molecule has 0 spiro atoms. The summed E-state index contributed by atoms with van der Waals surface area (Å²) in [6.45, 7) is 4.17. The lowest BCUT2D eigenvalue weighted by molar-refractivity contribution is 0.432. The lowest BCUT2D eigenvalue weighted by Crippen LogP contribution is -2.25. The van der Waals surface area contributed by atoms with Gasteiger partial charge in [0, 0.05) is 4.47 Å². The van der Waals surface area contributed by atoms with Gasteiger partial charge in [0.1, 0.15) is 5.82 Å². The first-order valence-corrected chi connectivity index (χ1v) is 8.16. The first-order valence-electron chi connectivity index (χ1n) is 6.99. The summed E-state index contributed by atoms with van der Waals surface area (Å²) in [7, 11) is 0. The van der Waals surface area contributed by atoms with Crippen LogP contribution < -0.4 is 5.32 Å². The Bertz CT molecular complexity index is 438. The molecular formula is C15H20BrClFN. The van der Waals surface area contributed by atoms with E-state index in [-0.39, 0.29) is 10.8 Å². The van der Waals surface area contributed by atoms with Gasteiger partial charge in [0.25, 0.3) is 0 Å². The molecular weight excluding hydrogens is 329 g/mol. The average Bonchev–Trinajstić information content (AvgIpc) is 2.85. The molecule has 4 heteroatoms. The van der Waals surface area contributed by atoms with E-state index in [0.29, 0.717) is 16.3 Å². The summed E-state index contributed by atoms with van der Waals surface area (Å²) in [5.41, 5.74) is 0.786. The summed E-state index contributed by atoms with van der Waals surface area (Å²) < 4.78 is 14.9. The lowest BCUT2D eigenvalue weighted by atomic mass is 9.88. The minimum atomic E-state index is -0.247. The molecule has 1 aliphatic rings. The molecule has 0 heterocycles. The highest BCUT2D eigenvalue weighted by Crippen LogP contribution is 2.42. The monoisotopic (exact) mass is 347 g/mol. The summed E-state index contributed by atoms with van der Waals surface area (Å²) in [6, 6.07) is 3.74. The van der Waals surface area contributed by atoms with Gasteiger partial charge in [-0.1, -0.05) is 31.0 Å². The molecule has 0 aliphatic heterocycles. The maximum absolute atomic E-state index is 14.3. The van der Waals surface area contributed by atoms with Crippen LogP contribution >= 0.6 is 27.5 Å². The Balaban J connectivity index is 2.13. The van der Waals surface area contributed by atoms with E-state index in [9.17, 15) is 4.39 Å². The van der Waals surface area contributed by atoms with E-state index in [1.165, 1.54) is 12.8 Å². The Labute approximate surface area is 128 Å². The molecule has 1 saturated carbocycles. The van der Waals surface area contributed by atoms with Crippen LogP contribution in [-0.4, -0.2) is 13.1 Å². The number of nitrogens with one attached hydrogen (secondary N) is 1. The molecule has 0 saturated heterocycles. The van der Waals surface area contributed by atoms with Gasteiger partial charge < -0.3 is 5.32 Å². The number of hydrogen-bond acceptors (Lipinski definition) is 1. The number of benzene rings is 1. The topological polar surface area (TPSA) is 12.0 Å². The van der Waals surface area contributed by atoms with E-state index < -0.39 is 0 Å². The maximum atomic E-state index is 14.3. The van der Waals surface area contributed by atoms with E-state index in [4.69, 9.17) is 11.6 Å². The molecule has 2 atom stereocenters. The average molecular weight is 349 g/mol. The molecule has 0 bridgehead atoms. The second kappa shape index (κ2) is 7.05. The van der Waals surface area contributed by atoms with E-state index in [2.05, 4.69) is 28.2 Å². The van der Waals surface area contributed by atoms with Crippen molar-refractivity contribution in [2.24, 2.45) is 5.92 Å². The minimum absolute atomic E-state index is 0.213. The van der Waals surface area contributed by atoms with Crippen molar-refractivity contribution in [2.75, 3.05) is 13.1 Å². The Morgan fingerprint density at radius 3 is 2.95 bits per heavy atom. The van der Waals surface area contributed by atoms with Gasteiger partial charge in [-0.05, 0) is 71.7 Å². The van der Waals surface area contributed by atoms with Crippen molar-refractivity contribution < 1.29 is 4.39 Å². The summed E-state index contributed by atoms with van der Waals surface area (Å²) in [4.78, 5) is 0. The van der Waals surface area contributed by atoms with Crippen LogP contribution in [0.2, 0.25) is 5.02 Å². The highest BCUT2D eigenvalue weighted by Gasteiger charge is 2.30. The summed E-state index contributed by atoms with van der Waals surface area (Å²) >= 11 is 9.27. The fraction of sp³-hybridized carbons (Fsp3) is 0.600. The van der Waals surface area contributed by atoms with E-state index in [0.717, 1.165) is 31.5 Å². The first kappa shape index (κ1) is 15.3. The van der Waals surface area contributed by atoms with E-state index in [1.807, 2.05) is 12.1 Å². The van der Waals surface area contributed by atoms with Crippen molar-refractivity contribution >= 4 is 27.5 Å². The fourth-order valence-corrected chi connectivity index (χ4v) is 3.46. The number of halogens is 3. The Hall–Kier alpha value is -0.120. The smallest absolute Gasteiger partial charge is 0.146 e. The van der Waals surface area contributed by atoms with Gasteiger partial charge in [0.2, 0.25) is 0 Å². The van der Waals surface area contributed by atoms with E-state index >= 15 is 0 Å². The van der Waals surface area contributed by atoms with Crippen LogP contribution in [0.3, 0.4) is 0 Å². The maximum Gasteiger partial charge on any atom is 0.146 e. The molecule has 1 fully saturated rings. The van der Waals surface area contributed by atoms with Gasteiger partial charge in [0.15, 0.2) is 0 Å². The van der Waals surface area contributed by atoms with Crippen molar-refractivity contribution in [1.82, 2.24) is 5.32 Å². The molecule has 0 radical (unpaired) electrons. The largest absolute Gasteiger partial charge is 0.316 e. The van der Waals surface area contributed by atoms with Crippen LogP contribution in [0.25, 0.3) is 0 Å². The van der Waals surface area contributed by atoms with Gasteiger partial charge >= 0.3 is 0 Å². The Morgan fingerprint density at radius 2 is 2.21 bits per heavy atom. The summed E-state index contributed by atoms with van der Waals surface area (Å²) in [6.07, 6.45) is 4.55. The van der Waals surface area contributed by atoms with Crippen molar-refractivity contribution in [1.29, 1.82) is 0 Å². The van der Waals surface area contributed by atoms with Crippen molar-refractivity contribution in [3.05, 3.63) is 33.0 Å². The predicted octanol–water partition coefficient (Wildman–Crippen LogP) is 5.12. The zero-order valence-electron chi connectivity index (χ0n) is 11.2. The molecule has 1 aromatic carbocycles. The van der Waals surface area contributed by atoms with Crippen LogP contribution in [0.1, 0.15) is 44.1 Å². The van der Waals surface area contributed by atoms with Gasteiger partial charge in [-0.25, -0.2) is 4.39 Å². The summed E-state index contributed by atoms with van der Waals surface area (Å²) in [5, 5.41) is 3.67. The second-order valence-electron chi connectivity index (χ2n) is 5.27. The Morgan fingerprint density at radius 1 is 1.42 bits per heavy atom. The molecule has 2 rings (SSSR count). The summed E-state index contributed by atoms with van der Waals surface area (Å²) in [5.74, 6) is 0.580. The zero-order chi connectivity index (χ0) is 13.8. The van der Waals surface area contributed by atoms with Gasteiger partial charge in [0.05, 0.1) is 5.02 Å². The van der Waals surface area contributed by atoms with Crippen LogP contribution in [0.4, 0.5) is 4.39 Å². The lowest BCUT2D eigenvalue weighted by Gasteiger charge is -2.21. The molecule has 2 unspecified atom stereocenters. The van der Waals surface area contributed by atoms with Gasteiger partial charge in [-0.15, -0.1) is 0 Å². The molecule has 0 amide bonds. The van der Waals surface area contributed by atoms with E-state index in [1.54, 1.807) is 0 Å². The molecule has 106 valence electrons. The van der Waals surface area contributed by atoms with Gasteiger partial charge in [-0.2, -0.15) is 0 Å². The zero-order valence-corrected chi connectivity index (χ0v) is 13.5. The van der Waals surface area contributed by atoms with Crippen LogP contribution in [0.15, 0.2) is 16.6 Å². The standard InChI is InChI=1S/C15H20BrClFN/c1-2-8-19-9-10-4-3-5-11(10)12-6-7-13(16)14(17)15(12)18/h6-7,10-11,19H,2-5,8-9H2,1H3. The minimum Gasteiger partial charge on any atom is -0.316 e. The second-order valence-corrected chi connectivity index (χ2v) is 6.50. The third kappa shape index (κ3) is 3.50. The van der Waals surface area contributed by atoms with Crippen molar-refractivity contribution in [2.45, 2.75) is 38.5 Å². The number of hydrogen-bond donors (Lipinski definition) is 1. The Kier molecular flexibility index (Phi) is 5.67. The molecule has 19 heavy (non-hydrogen) atoms. The van der Waals surface area contributed by atoms with Gasteiger partial charge in [-0.3, -0.25) is 0 Å². The van der Waals surface area contributed by atoms with Crippen molar-refractivity contribution in [3.63, 3.8) is 0 Å². The van der Waals surface area contributed by atoms with Crippen LogP contribution in [0.5, 0.6) is 0 Å². The van der Waals surface area contributed by atoms with Crippen LogP contribution in [0, 0.1) is 11.7 Å².